The van der Waals surface area contributed by atoms with Gasteiger partial charge in [-0.05, 0) is 31.2 Å². The predicted molar refractivity (Wildman–Crippen MR) is 114 cm³/mol. The van der Waals surface area contributed by atoms with Crippen molar-refractivity contribution in [2.75, 3.05) is 13.2 Å². The first-order valence-corrected chi connectivity index (χ1v) is 10.5. The number of nitrogens with one attached hydrogen (secondary N) is 1. The maximum atomic E-state index is 14.7. The van der Waals surface area contributed by atoms with Gasteiger partial charge in [-0.15, -0.1) is 5.10 Å². The number of halogens is 4. The Labute approximate surface area is 191 Å². The van der Waals surface area contributed by atoms with Gasteiger partial charge in [0.15, 0.2) is 5.82 Å². The molecule has 1 aromatic heterocycles. The highest BCUT2D eigenvalue weighted by molar-refractivity contribution is 6.45. The average Bonchev–Trinajstić information content (AvgIpc) is 3.13. The van der Waals surface area contributed by atoms with E-state index in [1.54, 1.807) is 13.0 Å². The predicted octanol–water partition coefficient (Wildman–Crippen LogP) is 3.89. The molecule has 0 radical (unpaired) electrons. The van der Waals surface area contributed by atoms with Crippen LogP contribution in [0.5, 0.6) is 0 Å². The Morgan fingerprint density at radius 3 is 2.53 bits per heavy atom. The van der Waals surface area contributed by atoms with Crippen molar-refractivity contribution in [3.8, 4) is 5.69 Å². The minimum atomic E-state index is -0.798. The van der Waals surface area contributed by atoms with Crippen molar-refractivity contribution in [3.63, 3.8) is 0 Å². The summed E-state index contributed by atoms with van der Waals surface area (Å²) in [6.45, 7) is 2.53. The van der Waals surface area contributed by atoms with Crippen molar-refractivity contribution in [1.82, 2.24) is 20.1 Å². The number of hydrogen-bond acceptors (Lipinski definition) is 5. The summed E-state index contributed by atoms with van der Waals surface area (Å²) < 4.78 is 35.9. The first-order chi connectivity index (χ1) is 15.3. The zero-order valence-electron chi connectivity index (χ0n) is 16.6. The van der Waals surface area contributed by atoms with Gasteiger partial charge in [0.25, 0.3) is 5.91 Å². The van der Waals surface area contributed by atoms with Crippen LogP contribution in [0.1, 0.15) is 40.5 Å². The molecule has 1 saturated heterocycles. The largest absolute Gasteiger partial charge is 0.377 e. The first kappa shape index (κ1) is 21.0. The third-order valence-electron chi connectivity index (χ3n) is 5.24. The number of aromatic nitrogens is 3. The van der Waals surface area contributed by atoms with Crippen molar-refractivity contribution in [1.29, 1.82) is 0 Å². The molecule has 0 unspecified atom stereocenters. The van der Waals surface area contributed by atoms with E-state index in [0.29, 0.717) is 24.7 Å². The van der Waals surface area contributed by atoms with Crippen molar-refractivity contribution in [2.24, 2.45) is 4.99 Å². The molecule has 5 rings (SSSR count). The molecule has 2 aliphatic heterocycles. The molecule has 3 aromatic rings. The molecule has 2 aliphatic rings. The number of aliphatic imine (C=N–C) groups is 1. The summed E-state index contributed by atoms with van der Waals surface area (Å²) in [5.74, 6) is -1.81. The normalized spacial score (nSPS) is 17.7. The molecule has 164 valence electrons. The zero-order valence-corrected chi connectivity index (χ0v) is 18.1. The van der Waals surface area contributed by atoms with E-state index in [1.807, 2.05) is 0 Å². The van der Waals surface area contributed by atoms with E-state index in [2.05, 4.69) is 20.4 Å². The maximum Gasteiger partial charge on any atom is 0.291 e. The lowest BCUT2D eigenvalue weighted by Gasteiger charge is -2.26. The van der Waals surface area contributed by atoms with E-state index in [1.165, 1.54) is 16.8 Å². The fourth-order valence-corrected chi connectivity index (χ4v) is 4.02. The number of rotatable bonds is 3. The van der Waals surface area contributed by atoms with Crippen LogP contribution < -0.4 is 5.32 Å². The lowest BCUT2D eigenvalue weighted by atomic mass is 9.99. The molecule has 1 N–H and O–H groups in total. The van der Waals surface area contributed by atoms with Crippen LogP contribution >= 0.6 is 23.2 Å². The summed E-state index contributed by atoms with van der Waals surface area (Å²) in [6.07, 6.45) is 0. The summed E-state index contributed by atoms with van der Waals surface area (Å²) in [5, 5.41) is 7.36. The number of carbonyl (C=O) groups excluding carboxylic acids is 1. The molecule has 0 bridgehead atoms. The summed E-state index contributed by atoms with van der Waals surface area (Å²) >= 11 is 12.7. The van der Waals surface area contributed by atoms with Gasteiger partial charge in [0.2, 0.25) is 5.82 Å². The highest BCUT2D eigenvalue weighted by Gasteiger charge is 2.32. The van der Waals surface area contributed by atoms with Gasteiger partial charge < -0.3 is 10.1 Å². The Balaban J connectivity index is 1.70. The lowest BCUT2D eigenvalue weighted by Crippen LogP contribution is -2.48. The van der Waals surface area contributed by atoms with E-state index in [9.17, 15) is 13.6 Å². The summed E-state index contributed by atoms with van der Waals surface area (Å²) in [7, 11) is 0. The minimum absolute atomic E-state index is 0.0134. The Hall–Kier alpha value is -2.88. The van der Waals surface area contributed by atoms with Gasteiger partial charge in [-0.1, -0.05) is 29.3 Å². The van der Waals surface area contributed by atoms with Gasteiger partial charge in [0, 0.05) is 5.56 Å². The number of benzene rings is 2. The second kappa shape index (κ2) is 7.91. The highest BCUT2D eigenvalue weighted by atomic mass is 35.5. The van der Waals surface area contributed by atoms with Gasteiger partial charge >= 0.3 is 0 Å². The van der Waals surface area contributed by atoms with Crippen LogP contribution in [0.25, 0.3) is 5.69 Å². The van der Waals surface area contributed by atoms with E-state index < -0.39 is 23.6 Å². The topological polar surface area (TPSA) is 81.4 Å². The van der Waals surface area contributed by atoms with Gasteiger partial charge in [-0.3, -0.25) is 9.79 Å². The van der Waals surface area contributed by atoms with Crippen LogP contribution in [-0.2, 0) is 4.74 Å². The minimum Gasteiger partial charge on any atom is -0.377 e. The zero-order chi connectivity index (χ0) is 22.6. The summed E-state index contributed by atoms with van der Waals surface area (Å²) in [6, 6.07) is 5.86. The molecule has 3 heterocycles. The molecule has 2 aromatic carbocycles. The first-order valence-electron chi connectivity index (χ1n) is 9.71. The van der Waals surface area contributed by atoms with Crippen molar-refractivity contribution in [3.05, 3.63) is 74.8 Å². The van der Waals surface area contributed by atoms with Crippen LogP contribution in [0.3, 0.4) is 0 Å². The molecule has 1 fully saturated rings. The average molecular weight is 478 g/mol. The Bertz CT molecular complexity index is 1270. The fraction of sp³-hybridized carbons (Fsp3) is 0.238. The summed E-state index contributed by atoms with van der Waals surface area (Å²) in [5.41, 5.74) is 0.190. The monoisotopic (exact) mass is 477 g/mol. The molecular formula is C21H15Cl2F2N5O2. The van der Waals surface area contributed by atoms with Crippen LogP contribution in [0, 0.1) is 11.6 Å². The van der Waals surface area contributed by atoms with Crippen LogP contribution in [0.2, 0.25) is 10.0 Å². The third-order valence-corrected chi connectivity index (χ3v) is 6.05. The smallest absolute Gasteiger partial charge is 0.291 e. The van der Waals surface area contributed by atoms with Gasteiger partial charge in [0.05, 0.1) is 46.3 Å². The molecule has 7 nitrogen and oxygen atoms in total. The van der Waals surface area contributed by atoms with E-state index in [-0.39, 0.29) is 38.8 Å². The molecule has 0 aliphatic carbocycles. The van der Waals surface area contributed by atoms with Crippen LogP contribution in [0.15, 0.2) is 35.3 Å². The molecule has 1 atom stereocenters. The molecule has 0 saturated carbocycles. The van der Waals surface area contributed by atoms with Gasteiger partial charge in [-0.25, -0.2) is 18.4 Å². The molecular weight excluding hydrogens is 463 g/mol. The lowest BCUT2D eigenvalue weighted by molar-refractivity contribution is -0.00364. The van der Waals surface area contributed by atoms with E-state index in [4.69, 9.17) is 27.9 Å². The second-order valence-corrected chi connectivity index (χ2v) is 8.20. The highest BCUT2D eigenvalue weighted by Crippen LogP contribution is 2.37. The SMILES string of the molecule is C[C@@H]1N=C(c2c(F)cccc2F)c2c(ccc(Cl)c2Cl)-n2nc(C(=O)NC3COC3)nc21. The van der Waals surface area contributed by atoms with Crippen LogP contribution in [0.4, 0.5) is 8.78 Å². The summed E-state index contributed by atoms with van der Waals surface area (Å²) in [4.78, 5) is 21.5. The van der Waals surface area contributed by atoms with Crippen molar-refractivity contribution in [2.45, 2.75) is 19.0 Å². The third kappa shape index (κ3) is 3.37. The van der Waals surface area contributed by atoms with E-state index >= 15 is 0 Å². The molecule has 0 spiro atoms. The number of nitrogens with zero attached hydrogens (tertiary/aromatic N) is 4. The number of amides is 1. The van der Waals surface area contributed by atoms with Crippen molar-refractivity contribution >= 4 is 34.8 Å². The number of ether oxygens (including phenoxy) is 1. The fourth-order valence-electron chi connectivity index (χ4n) is 3.61. The molecule has 1 amide bonds. The Morgan fingerprint density at radius 1 is 1.16 bits per heavy atom. The molecule has 11 heteroatoms. The standard InChI is InChI=1S/C21H15Cl2F2N5O2/c1-9-20-28-19(21(31)27-10-7-32-8-10)29-30(20)14-6-5-11(22)17(23)16(14)18(26-9)15-12(24)3-2-4-13(15)25/h2-6,9-10H,7-8H2,1H3,(H,27,31)/t9-/m0/s1. The van der Waals surface area contributed by atoms with E-state index in [0.717, 1.165) is 12.1 Å². The van der Waals surface area contributed by atoms with Crippen molar-refractivity contribution < 1.29 is 18.3 Å². The van der Waals surface area contributed by atoms with Gasteiger partial charge in [0.1, 0.15) is 17.7 Å². The number of hydrogen-bond donors (Lipinski definition) is 1. The van der Waals surface area contributed by atoms with Gasteiger partial charge in [-0.2, -0.15) is 0 Å². The molecule has 32 heavy (non-hydrogen) atoms. The van der Waals surface area contributed by atoms with Crippen LogP contribution in [-0.4, -0.2) is 45.6 Å². The maximum absolute atomic E-state index is 14.7. The Morgan fingerprint density at radius 2 is 1.88 bits per heavy atom. The second-order valence-electron chi connectivity index (χ2n) is 7.42. The quantitative estimate of drug-likeness (QED) is 0.620. The number of fused-ring (bicyclic) bond motifs is 3. The number of carbonyl (C=O) groups is 1. The Kier molecular flexibility index (Phi) is 5.19.